The quantitative estimate of drug-likeness (QED) is 0.668. The molecule has 2 heterocycles. The van der Waals surface area contributed by atoms with Crippen LogP contribution < -0.4 is 10.9 Å². The van der Waals surface area contributed by atoms with Crippen LogP contribution in [-0.4, -0.2) is 21.6 Å². The zero-order valence-corrected chi connectivity index (χ0v) is 13.4. The van der Waals surface area contributed by atoms with Crippen LogP contribution in [0.5, 0.6) is 0 Å². The molecule has 0 saturated carbocycles. The van der Waals surface area contributed by atoms with Crippen LogP contribution in [0, 0.1) is 0 Å². The van der Waals surface area contributed by atoms with E-state index >= 15 is 0 Å². The number of carbonyl (C=O) groups is 1. The molecule has 0 saturated heterocycles. The minimum absolute atomic E-state index is 0.150. The van der Waals surface area contributed by atoms with Gasteiger partial charge in [0.1, 0.15) is 5.82 Å². The van der Waals surface area contributed by atoms with E-state index < -0.39 is 0 Å². The van der Waals surface area contributed by atoms with E-state index in [1.54, 1.807) is 12.1 Å². The van der Waals surface area contributed by atoms with Crippen LogP contribution in [0.1, 0.15) is 30.4 Å². The predicted molar refractivity (Wildman–Crippen MR) is 87.8 cm³/mol. The molecular weight excluding hydrogens is 322 g/mol. The zero-order valence-electron chi connectivity index (χ0n) is 11.9. The number of fused-ring (bicyclic) bond motifs is 1. The van der Waals surface area contributed by atoms with Crippen molar-refractivity contribution < 1.29 is 4.79 Å². The number of H-pyrrole nitrogens is 1. The van der Waals surface area contributed by atoms with Gasteiger partial charge < -0.3 is 10.3 Å². The monoisotopic (exact) mass is 335 g/mol. The number of rotatable bonds is 3. The molecule has 0 spiro atoms. The van der Waals surface area contributed by atoms with E-state index in [0.717, 1.165) is 11.3 Å². The summed E-state index contributed by atoms with van der Waals surface area (Å²) < 4.78 is 0. The van der Waals surface area contributed by atoms with Crippen molar-refractivity contribution in [3.63, 3.8) is 0 Å². The average molecular weight is 336 g/mol. The summed E-state index contributed by atoms with van der Waals surface area (Å²) >= 11 is 7.45. The molecule has 1 unspecified atom stereocenters. The lowest BCUT2D eigenvalue weighted by molar-refractivity contribution is -0.116. The first kappa shape index (κ1) is 15.1. The Labute approximate surface area is 136 Å². The summed E-state index contributed by atoms with van der Waals surface area (Å²) in [5, 5.41) is 3.79. The largest absolute Gasteiger partial charge is 0.310 e. The fourth-order valence-corrected chi connectivity index (χ4v) is 3.36. The zero-order chi connectivity index (χ0) is 15.7. The molecule has 0 radical (unpaired) electrons. The molecule has 0 bridgehead atoms. The van der Waals surface area contributed by atoms with E-state index in [1.165, 1.54) is 11.8 Å². The number of thioether (sulfide) groups is 1. The van der Waals surface area contributed by atoms with Gasteiger partial charge in [-0.1, -0.05) is 42.4 Å². The van der Waals surface area contributed by atoms with Crippen LogP contribution in [-0.2, 0) is 4.79 Å². The number of halogens is 1. The maximum Gasteiger partial charge on any atom is 0.257 e. The molecule has 7 heteroatoms. The number of carbonyl (C=O) groups excluding carboxylic acids is 1. The van der Waals surface area contributed by atoms with Gasteiger partial charge in [0.15, 0.2) is 5.16 Å². The van der Waals surface area contributed by atoms with Crippen LogP contribution in [0.3, 0.4) is 0 Å². The van der Waals surface area contributed by atoms with E-state index in [0.29, 0.717) is 21.6 Å². The molecule has 3 rings (SSSR count). The third kappa shape index (κ3) is 2.89. The molecule has 0 fully saturated rings. The normalized spacial score (nSPS) is 17.0. The molecule has 1 amide bonds. The van der Waals surface area contributed by atoms with Crippen molar-refractivity contribution in [2.45, 2.75) is 24.4 Å². The van der Waals surface area contributed by atoms with Crippen molar-refractivity contribution in [3.8, 4) is 0 Å². The van der Waals surface area contributed by atoms with Gasteiger partial charge in [-0.25, -0.2) is 4.98 Å². The summed E-state index contributed by atoms with van der Waals surface area (Å²) in [7, 11) is 0. The molecule has 1 aromatic heterocycles. The van der Waals surface area contributed by atoms with Crippen LogP contribution in [0.2, 0.25) is 5.02 Å². The Bertz CT molecular complexity index is 791. The fraction of sp³-hybridized carbons (Fsp3) is 0.267. The SMILES string of the molecule is CCSc1nc2c(c(=O)[nH]1)C(c1cccc(Cl)c1)CC(=O)N2. The van der Waals surface area contributed by atoms with Gasteiger partial charge in [-0.2, -0.15) is 0 Å². The van der Waals surface area contributed by atoms with Crippen molar-refractivity contribution in [2.75, 3.05) is 11.1 Å². The number of hydrogen-bond donors (Lipinski definition) is 2. The van der Waals surface area contributed by atoms with Crippen LogP contribution >= 0.6 is 23.4 Å². The van der Waals surface area contributed by atoms with Gasteiger partial charge in [0.05, 0.1) is 5.56 Å². The number of aromatic nitrogens is 2. The van der Waals surface area contributed by atoms with E-state index in [-0.39, 0.29) is 23.8 Å². The average Bonchev–Trinajstić information content (AvgIpc) is 2.46. The maximum atomic E-state index is 12.4. The number of nitrogens with one attached hydrogen (secondary N) is 2. The number of nitrogens with zero attached hydrogens (tertiary/aromatic N) is 1. The van der Waals surface area contributed by atoms with Gasteiger partial charge >= 0.3 is 0 Å². The van der Waals surface area contributed by atoms with Crippen molar-refractivity contribution in [1.29, 1.82) is 0 Å². The van der Waals surface area contributed by atoms with E-state index in [9.17, 15) is 9.59 Å². The van der Waals surface area contributed by atoms with Gasteiger partial charge in [0.2, 0.25) is 5.91 Å². The first-order chi connectivity index (χ1) is 10.6. The minimum Gasteiger partial charge on any atom is -0.310 e. The topological polar surface area (TPSA) is 74.8 Å². The summed E-state index contributed by atoms with van der Waals surface area (Å²) in [6.45, 7) is 1.97. The van der Waals surface area contributed by atoms with E-state index in [2.05, 4.69) is 15.3 Å². The Kier molecular flexibility index (Phi) is 4.22. The molecule has 1 aliphatic heterocycles. The highest BCUT2D eigenvalue weighted by Crippen LogP contribution is 2.35. The smallest absolute Gasteiger partial charge is 0.257 e. The van der Waals surface area contributed by atoms with Gasteiger partial charge in [-0.3, -0.25) is 9.59 Å². The summed E-state index contributed by atoms with van der Waals surface area (Å²) in [6.07, 6.45) is 0.207. The van der Waals surface area contributed by atoms with Crippen molar-refractivity contribution in [3.05, 3.63) is 50.8 Å². The standard InChI is InChI=1S/C15H14ClN3O2S/c1-2-22-15-18-13-12(14(21)19-15)10(7-11(20)17-13)8-4-3-5-9(16)6-8/h3-6,10H,2,7H2,1H3,(H2,17,18,19,20,21). The van der Waals surface area contributed by atoms with Crippen LogP contribution in [0.4, 0.5) is 5.82 Å². The predicted octanol–water partition coefficient (Wildman–Crippen LogP) is 3.01. The number of hydrogen-bond acceptors (Lipinski definition) is 4. The molecule has 1 aromatic carbocycles. The third-order valence-corrected chi connectivity index (χ3v) is 4.45. The van der Waals surface area contributed by atoms with Crippen LogP contribution in [0.25, 0.3) is 0 Å². The molecule has 5 nitrogen and oxygen atoms in total. The Morgan fingerprint density at radius 2 is 2.23 bits per heavy atom. The second-order valence-corrected chi connectivity index (χ2v) is 6.62. The summed E-state index contributed by atoms with van der Waals surface area (Å²) in [4.78, 5) is 31.5. The summed E-state index contributed by atoms with van der Waals surface area (Å²) in [5.41, 5.74) is 1.11. The molecule has 1 aliphatic rings. The highest BCUT2D eigenvalue weighted by Gasteiger charge is 2.30. The second-order valence-electron chi connectivity index (χ2n) is 4.93. The van der Waals surface area contributed by atoms with Crippen molar-refractivity contribution in [2.24, 2.45) is 0 Å². The molecule has 22 heavy (non-hydrogen) atoms. The lowest BCUT2D eigenvalue weighted by atomic mass is 9.87. The Balaban J connectivity index is 2.13. The van der Waals surface area contributed by atoms with Gasteiger partial charge in [0, 0.05) is 17.4 Å². The number of amides is 1. The number of benzene rings is 1. The molecule has 1 atom stereocenters. The Morgan fingerprint density at radius 3 is 2.95 bits per heavy atom. The number of aromatic amines is 1. The van der Waals surface area contributed by atoms with Gasteiger partial charge in [-0.05, 0) is 23.4 Å². The Hall–Kier alpha value is -1.79. The summed E-state index contributed by atoms with van der Waals surface area (Å²) in [6, 6.07) is 7.22. The van der Waals surface area contributed by atoms with E-state index in [4.69, 9.17) is 11.6 Å². The number of anilines is 1. The highest BCUT2D eigenvalue weighted by atomic mass is 35.5. The van der Waals surface area contributed by atoms with Crippen molar-refractivity contribution >= 4 is 35.1 Å². The lowest BCUT2D eigenvalue weighted by Gasteiger charge is -2.24. The molecule has 0 aliphatic carbocycles. The maximum absolute atomic E-state index is 12.4. The minimum atomic E-state index is -0.334. The first-order valence-electron chi connectivity index (χ1n) is 6.90. The van der Waals surface area contributed by atoms with Crippen molar-refractivity contribution in [1.82, 2.24) is 9.97 Å². The fourth-order valence-electron chi connectivity index (χ4n) is 2.56. The summed E-state index contributed by atoms with van der Waals surface area (Å²) in [5.74, 6) is 0.649. The second kappa shape index (κ2) is 6.14. The molecule has 2 N–H and O–H groups in total. The molecule has 114 valence electrons. The first-order valence-corrected chi connectivity index (χ1v) is 8.27. The third-order valence-electron chi connectivity index (χ3n) is 3.46. The lowest BCUT2D eigenvalue weighted by Crippen LogP contribution is -2.31. The Morgan fingerprint density at radius 1 is 1.41 bits per heavy atom. The highest BCUT2D eigenvalue weighted by molar-refractivity contribution is 7.99. The van der Waals surface area contributed by atoms with Gasteiger partial charge in [-0.15, -0.1) is 0 Å². The van der Waals surface area contributed by atoms with Crippen LogP contribution in [0.15, 0.2) is 34.2 Å². The van der Waals surface area contributed by atoms with E-state index in [1.807, 2.05) is 19.1 Å². The van der Waals surface area contributed by atoms with Gasteiger partial charge in [0.25, 0.3) is 5.56 Å². The molecule has 2 aromatic rings. The molecular formula is C15H14ClN3O2S.